The molecule has 29 heavy (non-hydrogen) atoms. The predicted molar refractivity (Wildman–Crippen MR) is 103 cm³/mol. The summed E-state index contributed by atoms with van der Waals surface area (Å²) in [7, 11) is 0. The lowest BCUT2D eigenvalue weighted by atomic mass is 10.00. The third-order valence-corrected chi connectivity index (χ3v) is 4.68. The summed E-state index contributed by atoms with van der Waals surface area (Å²) < 4.78 is 15.5. The summed E-state index contributed by atoms with van der Waals surface area (Å²) in [6, 6.07) is 9.78. The molecule has 0 radical (unpaired) electrons. The summed E-state index contributed by atoms with van der Waals surface area (Å²) in [5.41, 5.74) is 2.36. The number of ether oxygens (including phenoxy) is 2. The maximum absolute atomic E-state index is 12.2. The Bertz CT molecular complexity index is 923. The SMILES string of the molecule is CCOC(=O)CNC(=O)COc1coc(C[NH+]2CCc3ccccc3C2)cc1=O. The second kappa shape index (κ2) is 9.88. The Kier molecular flexibility index (Phi) is 7.02. The van der Waals surface area contributed by atoms with Crippen LogP contribution in [0.1, 0.15) is 23.8 Å². The van der Waals surface area contributed by atoms with Crippen LogP contribution >= 0.6 is 0 Å². The third kappa shape index (κ3) is 5.92. The topological polar surface area (TPSA) is 99.3 Å². The molecule has 0 fully saturated rings. The molecule has 0 saturated heterocycles. The van der Waals surface area contributed by atoms with Crippen LogP contribution in [0.4, 0.5) is 0 Å². The molecule has 0 aliphatic carbocycles. The van der Waals surface area contributed by atoms with Crippen LogP contribution in [0.3, 0.4) is 0 Å². The van der Waals surface area contributed by atoms with Crippen LogP contribution in [0.15, 0.2) is 45.8 Å². The van der Waals surface area contributed by atoms with Crippen LogP contribution < -0.4 is 20.4 Å². The first-order valence-corrected chi connectivity index (χ1v) is 9.62. The van der Waals surface area contributed by atoms with Crippen LogP contribution in [-0.2, 0) is 33.8 Å². The molecule has 0 saturated carbocycles. The lowest BCUT2D eigenvalue weighted by Gasteiger charge is -2.25. The molecule has 154 valence electrons. The van der Waals surface area contributed by atoms with Crippen molar-refractivity contribution in [2.75, 3.05) is 26.3 Å². The second-order valence-corrected chi connectivity index (χ2v) is 6.82. The van der Waals surface area contributed by atoms with E-state index in [0.717, 1.165) is 19.5 Å². The molecule has 1 atom stereocenters. The molecule has 8 heteroatoms. The predicted octanol–water partition coefficient (Wildman–Crippen LogP) is -0.161. The van der Waals surface area contributed by atoms with Gasteiger partial charge in [0.15, 0.2) is 12.4 Å². The molecule has 1 unspecified atom stereocenters. The number of amides is 1. The maximum Gasteiger partial charge on any atom is 0.325 e. The maximum atomic E-state index is 12.2. The molecule has 0 bridgehead atoms. The second-order valence-electron chi connectivity index (χ2n) is 6.82. The van der Waals surface area contributed by atoms with E-state index in [9.17, 15) is 14.4 Å². The first kappa shape index (κ1) is 20.6. The van der Waals surface area contributed by atoms with Crippen molar-refractivity contribution in [2.45, 2.75) is 26.4 Å². The summed E-state index contributed by atoms with van der Waals surface area (Å²) in [4.78, 5) is 36.4. The zero-order chi connectivity index (χ0) is 20.6. The van der Waals surface area contributed by atoms with Crippen molar-refractivity contribution in [3.05, 3.63) is 63.7 Å². The molecule has 2 aromatic rings. The highest BCUT2D eigenvalue weighted by molar-refractivity contribution is 5.82. The van der Waals surface area contributed by atoms with Gasteiger partial charge in [0.25, 0.3) is 5.91 Å². The third-order valence-electron chi connectivity index (χ3n) is 4.68. The Morgan fingerprint density at radius 2 is 2.03 bits per heavy atom. The van der Waals surface area contributed by atoms with E-state index in [1.165, 1.54) is 28.4 Å². The molecule has 0 spiro atoms. The number of hydrogen-bond acceptors (Lipinski definition) is 6. The summed E-state index contributed by atoms with van der Waals surface area (Å²) in [6.07, 6.45) is 2.23. The van der Waals surface area contributed by atoms with Crippen molar-refractivity contribution < 1.29 is 28.4 Å². The smallest absolute Gasteiger partial charge is 0.325 e. The van der Waals surface area contributed by atoms with Crippen LogP contribution in [0.2, 0.25) is 0 Å². The molecular formula is C21H25N2O6+. The van der Waals surface area contributed by atoms with Crippen LogP contribution in [0.5, 0.6) is 5.75 Å². The molecule has 1 aliphatic heterocycles. The fourth-order valence-electron chi connectivity index (χ4n) is 3.25. The molecule has 8 nitrogen and oxygen atoms in total. The van der Waals surface area contributed by atoms with Gasteiger partial charge in [-0.3, -0.25) is 14.4 Å². The Morgan fingerprint density at radius 1 is 1.24 bits per heavy atom. The molecule has 2 heterocycles. The minimum Gasteiger partial charge on any atom is -0.477 e. The van der Waals surface area contributed by atoms with Gasteiger partial charge in [0.05, 0.1) is 13.2 Å². The first-order chi connectivity index (χ1) is 14.0. The van der Waals surface area contributed by atoms with Gasteiger partial charge in [0, 0.05) is 18.1 Å². The van der Waals surface area contributed by atoms with Crippen molar-refractivity contribution in [2.24, 2.45) is 0 Å². The van der Waals surface area contributed by atoms with E-state index in [1.807, 2.05) is 6.07 Å². The molecule has 1 amide bonds. The van der Waals surface area contributed by atoms with Gasteiger partial charge in [-0.15, -0.1) is 0 Å². The van der Waals surface area contributed by atoms with E-state index >= 15 is 0 Å². The average Bonchev–Trinajstić information content (AvgIpc) is 2.72. The number of rotatable bonds is 8. The highest BCUT2D eigenvalue weighted by atomic mass is 16.5. The van der Waals surface area contributed by atoms with Crippen LogP contribution in [-0.4, -0.2) is 38.2 Å². The van der Waals surface area contributed by atoms with Gasteiger partial charge in [-0.25, -0.2) is 0 Å². The summed E-state index contributed by atoms with van der Waals surface area (Å²) in [6.45, 7) is 3.74. The standard InChI is InChI=1S/C21H24N2O6/c1-2-27-21(26)10-22-20(25)14-29-19-13-28-17(9-18(19)24)12-23-8-7-15-5-3-4-6-16(15)11-23/h3-6,9,13H,2,7-8,10-12,14H2,1H3,(H,22,25)/p+1. The van der Waals surface area contributed by atoms with Gasteiger partial charge in [-0.05, 0) is 12.5 Å². The van der Waals surface area contributed by atoms with Crippen molar-refractivity contribution in [3.8, 4) is 5.75 Å². The number of quaternary nitrogens is 1. The highest BCUT2D eigenvalue weighted by Gasteiger charge is 2.20. The number of fused-ring (bicyclic) bond motifs is 1. The van der Waals surface area contributed by atoms with Gasteiger partial charge in [0.1, 0.15) is 25.9 Å². The van der Waals surface area contributed by atoms with E-state index in [2.05, 4.69) is 23.5 Å². The van der Waals surface area contributed by atoms with Crippen LogP contribution in [0, 0.1) is 0 Å². The van der Waals surface area contributed by atoms with Crippen molar-refractivity contribution in [3.63, 3.8) is 0 Å². The zero-order valence-corrected chi connectivity index (χ0v) is 16.4. The number of esters is 1. The van der Waals surface area contributed by atoms with E-state index in [4.69, 9.17) is 13.9 Å². The van der Waals surface area contributed by atoms with E-state index in [-0.39, 0.29) is 24.3 Å². The number of nitrogens with one attached hydrogen (secondary N) is 2. The van der Waals surface area contributed by atoms with Crippen LogP contribution in [0.25, 0.3) is 0 Å². The van der Waals surface area contributed by atoms with Crippen molar-refractivity contribution in [1.82, 2.24) is 5.32 Å². The van der Waals surface area contributed by atoms with Crippen molar-refractivity contribution in [1.29, 1.82) is 0 Å². The molecule has 2 N–H and O–H groups in total. The Hall–Kier alpha value is -3.13. The van der Waals surface area contributed by atoms with Gasteiger partial charge in [-0.2, -0.15) is 0 Å². The zero-order valence-electron chi connectivity index (χ0n) is 16.4. The number of carbonyl (C=O) groups is 2. The van der Waals surface area contributed by atoms with E-state index in [0.29, 0.717) is 12.3 Å². The van der Waals surface area contributed by atoms with Crippen molar-refractivity contribution >= 4 is 11.9 Å². The summed E-state index contributed by atoms with van der Waals surface area (Å²) >= 11 is 0. The minimum atomic E-state index is -0.535. The van der Waals surface area contributed by atoms with Gasteiger partial charge >= 0.3 is 5.97 Å². The normalized spacial score (nSPS) is 15.3. The largest absolute Gasteiger partial charge is 0.477 e. The lowest BCUT2D eigenvalue weighted by Crippen LogP contribution is -3.10. The fraction of sp³-hybridized carbons (Fsp3) is 0.381. The van der Waals surface area contributed by atoms with E-state index < -0.39 is 18.5 Å². The first-order valence-electron chi connectivity index (χ1n) is 9.62. The lowest BCUT2D eigenvalue weighted by molar-refractivity contribution is -0.930. The molecule has 3 rings (SSSR count). The summed E-state index contributed by atoms with van der Waals surface area (Å²) in [5.74, 6) is -0.534. The Labute approximate surface area is 168 Å². The Balaban J connectivity index is 1.50. The highest BCUT2D eigenvalue weighted by Crippen LogP contribution is 2.11. The quantitative estimate of drug-likeness (QED) is 0.597. The Morgan fingerprint density at radius 3 is 2.79 bits per heavy atom. The average molecular weight is 401 g/mol. The van der Waals surface area contributed by atoms with Gasteiger partial charge < -0.3 is 24.1 Å². The molecule has 1 aromatic carbocycles. The number of hydrogen-bond donors (Lipinski definition) is 2. The van der Waals surface area contributed by atoms with Gasteiger partial charge in [0.2, 0.25) is 11.2 Å². The molecule has 1 aromatic heterocycles. The fourth-order valence-corrected chi connectivity index (χ4v) is 3.25. The van der Waals surface area contributed by atoms with E-state index in [1.54, 1.807) is 6.92 Å². The monoisotopic (exact) mass is 401 g/mol. The number of benzene rings is 1. The molecule has 1 aliphatic rings. The summed E-state index contributed by atoms with van der Waals surface area (Å²) in [5, 5.41) is 2.36. The number of carbonyl (C=O) groups excluding carboxylic acids is 2. The molecular weight excluding hydrogens is 376 g/mol. The van der Waals surface area contributed by atoms with Gasteiger partial charge in [-0.1, -0.05) is 24.3 Å². The minimum absolute atomic E-state index is 0.0426.